The predicted octanol–water partition coefficient (Wildman–Crippen LogP) is 2.76. The summed E-state index contributed by atoms with van der Waals surface area (Å²) in [5, 5.41) is 2.82. The molecule has 1 aromatic carbocycles. The number of amides is 1. The first-order valence-corrected chi connectivity index (χ1v) is 9.35. The maximum atomic E-state index is 12.3. The Morgan fingerprint density at radius 1 is 1.17 bits per heavy atom. The van der Waals surface area contributed by atoms with Gasteiger partial charge in [-0.2, -0.15) is 0 Å². The summed E-state index contributed by atoms with van der Waals surface area (Å²) in [4.78, 5) is 28.2. The lowest BCUT2D eigenvalue weighted by atomic mass is 9.97. The van der Waals surface area contributed by atoms with Gasteiger partial charge < -0.3 is 14.9 Å². The highest BCUT2D eigenvalue weighted by atomic mass is 32.2. The molecule has 1 unspecified atom stereocenters. The van der Waals surface area contributed by atoms with E-state index >= 15 is 0 Å². The zero-order valence-electron chi connectivity index (χ0n) is 13.1. The smallest absolute Gasteiger partial charge is 0.256 e. The van der Waals surface area contributed by atoms with Gasteiger partial charge in [-0.3, -0.25) is 9.59 Å². The molecule has 0 bridgehead atoms. The van der Waals surface area contributed by atoms with Crippen LogP contribution in [0, 0.1) is 0 Å². The van der Waals surface area contributed by atoms with Gasteiger partial charge in [0.1, 0.15) is 6.26 Å². The fourth-order valence-corrected chi connectivity index (χ4v) is 3.79. The largest absolute Gasteiger partial charge is 0.612 e. The van der Waals surface area contributed by atoms with Crippen molar-refractivity contribution in [1.82, 2.24) is 4.98 Å². The van der Waals surface area contributed by atoms with E-state index in [0.717, 1.165) is 35.4 Å². The summed E-state index contributed by atoms with van der Waals surface area (Å²) in [5.74, 6) is -0.0416. The number of aryl methyl sites for hydroxylation is 1. The van der Waals surface area contributed by atoms with Crippen LogP contribution in [0.5, 0.6) is 0 Å². The number of nitrogens with one attached hydrogen (secondary N) is 2. The first-order valence-electron chi connectivity index (χ1n) is 7.79. The molecular formula is C18H16N2O3S. The molecule has 2 aromatic rings. The highest BCUT2D eigenvalue weighted by Crippen LogP contribution is 2.35. The number of carbonyl (C=O) groups is 2. The molecule has 1 aromatic heterocycles. The van der Waals surface area contributed by atoms with Gasteiger partial charge in [0.25, 0.3) is 5.91 Å². The summed E-state index contributed by atoms with van der Waals surface area (Å²) in [6.07, 6.45) is 5.66. The van der Waals surface area contributed by atoms with Crippen molar-refractivity contribution in [2.75, 3.05) is 11.6 Å². The molecule has 0 spiro atoms. The second-order valence-corrected chi connectivity index (χ2v) is 7.45. The van der Waals surface area contributed by atoms with Crippen LogP contribution < -0.4 is 5.32 Å². The Kier molecular flexibility index (Phi) is 3.58. The van der Waals surface area contributed by atoms with Crippen molar-refractivity contribution in [1.29, 1.82) is 0 Å². The highest BCUT2D eigenvalue weighted by Gasteiger charge is 2.27. The SMILES string of the molecule is C[S+]([O-])c1ccc2c(c1)/C(=C/c1cc3c([nH]1)CCCC3=O)C(=O)N2. The second-order valence-electron chi connectivity index (χ2n) is 6.07. The molecule has 4 rings (SSSR count). The number of H-pyrrole nitrogens is 1. The number of hydrogen-bond donors (Lipinski definition) is 2. The van der Waals surface area contributed by atoms with Crippen molar-refractivity contribution in [2.45, 2.75) is 24.2 Å². The van der Waals surface area contributed by atoms with Crippen LogP contribution >= 0.6 is 0 Å². The van der Waals surface area contributed by atoms with Crippen molar-refractivity contribution in [3.8, 4) is 0 Å². The number of aromatic nitrogens is 1. The van der Waals surface area contributed by atoms with Gasteiger partial charge in [0, 0.05) is 40.7 Å². The van der Waals surface area contributed by atoms with E-state index in [2.05, 4.69) is 10.3 Å². The van der Waals surface area contributed by atoms with Gasteiger partial charge in [-0.05, 0) is 48.3 Å². The van der Waals surface area contributed by atoms with Crippen molar-refractivity contribution in [3.63, 3.8) is 0 Å². The van der Waals surface area contributed by atoms with E-state index in [1.165, 1.54) is 0 Å². The third-order valence-electron chi connectivity index (χ3n) is 4.46. The molecule has 1 atom stereocenters. The van der Waals surface area contributed by atoms with Gasteiger partial charge in [-0.15, -0.1) is 0 Å². The van der Waals surface area contributed by atoms with Crippen LogP contribution in [0.4, 0.5) is 5.69 Å². The fourth-order valence-electron chi connectivity index (χ4n) is 3.25. The Labute approximate surface area is 142 Å². The van der Waals surface area contributed by atoms with Gasteiger partial charge in [0.05, 0.1) is 5.57 Å². The monoisotopic (exact) mass is 340 g/mol. The molecule has 24 heavy (non-hydrogen) atoms. The third-order valence-corrected chi connectivity index (χ3v) is 5.37. The minimum atomic E-state index is -1.11. The molecule has 2 N–H and O–H groups in total. The molecule has 5 nitrogen and oxygen atoms in total. The Hall–Kier alpha value is -2.31. The second kappa shape index (κ2) is 5.65. The van der Waals surface area contributed by atoms with Crippen molar-refractivity contribution >= 4 is 40.2 Å². The van der Waals surface area contributed by atoms with Gasteiger partial charge in [-0.1, -0.05) is 0 Å². The quantitative estimate of drug-likeness (QED) is 0.651. The molecule has 1 aliphatic heterocycles. The van der Waals surface area contributed by atoms with Gasteiger partial charge in [-0.25, -0.2) is 0 Å². The van der Waals surface area contributed by atoms with Gasteiger partial charge >= 0.3 is 0 Å². The number of ketones is 1. The Bertz CT molecular complexity index is 896. The minimum absolute atomic E-state index is 0.150. The van der Waals surface area contributed by atoms with Crippen molar-refractivity contribution in [2.24, 2.45) is 0 Å². The molecule has 122 valence electrons. The van der Waals surface area contributed by atoms with Crippen LogP contribution in [-0.4, -0.2) is 27.5 Å². The molecule has 0 saturated heterocycles. The molecule has 0 fully saturated rings. The molecule has 0 radical (unpaired) electrons. The van der Waals surface area contributed by atoms with Gasteiger partial charge in [0.15, 0.2) is 10.7 Å². The average molecular weight is 340 g/mol. The van der Waals surface area contributed by atoms with Crippen LogP contribution in [0.15, 0.2) is 29.2 Å². The maximum Gasteiger partial charge on any atom is 0.256 e. The molecule has 6 heteroatoms. The Morgan fingerprint density at radius 2 is 2.00 bits per heavy atom. The molecule has 1 amide bonds. The zero-order valence-corrected chi connectivity index (χ0v) is 14.0. The zero-order chi connectivity index (χ0) is 16.8. The van der Waals surface area contributed by atoms with E-state index in [-0.39, 0.29) is 11.7 Å². The summed E-state index contributed by atoms with van der Waals surface area (Å²) in [5.41, 5.74) is 4.40. The number of aromatic amines is 1. The molecule has 2 aliphatic rings. The number of anilines is 1. The first kappa shape index (κ1) is 15.2. The van der Waals surface area contributed by atoms with Crippen molar-refractivity contribution < 1.29 is 14.1 Å². The van der Waals surface area contributed by atoms with Crippen LogP contribution in [0.25, 0.3) is 11.6 Å². The predicted molar refractivity (Wildman–Crippen MR) is 93.3 cm³/mol. The van der Waals surface area contributed by atoms with E-state index in [1.807, 2.05) is 6.07 Å². The van der Waals surface area contributed by atoms with E-state index in [0.29, 0.717) is 22.6 Å². The number of hydrogen-bond acceptors (Lipinski definition) is 3. The highest BCUT2D eigenvalue weighted by molar-refractivity contribution is 7.90. The minimum Gasteiger partial charge on any atom is -0.612 e. The third kappa shape index (κ3) is 2.48. The van der Waals surface area contributed by atoms with Crippen LogP contribution in [-0.2, 0) is 22.4 Å². The number of benzene rings is 1. The van der Waals surface area contributed by atoms with Crippen LogP contribution in [0.3, 0.4) is 0 Å². The van der Waals surface area contributed by atoms with Crippen molar-refractivity contribution in [3.05, 3.63) is 46.8 Å². The summed E-state index contributed by atoms with van der Waals surface area (Å²) in [7, 11) is 0. The molecule has 2 heterocycles. The van der Waals surface area contributed by atoms with Gasteiger partial charge in [0.2, 0.25) is 0 Å². The molecular weight excluding hydrogens is 324 g/mol. The topological polar surface area (TPSA) is 85.0 Å². The number of carbonyl (C=O) groups excluding carboxylic acids is 2. The normalized spacial score (nSPS) is 19.2. The van der Waals surface area contributed by atoms with E-state index < -0.39 is 11.2 Å². The number of rotatable bonds is 2. The average Bonchev–Trinajstić information content (AvgIpc) is 3.09. The summed E-state index contributed by atoms with van der Waals surface area (Å²) in [6.45, 7) is 0. The summed E-state index contributed by atoms with van der Waals surface area (Å²) in [6, 6.07) is 7.12. The maximum absolute atomic E-state index is 12.3. The summed E-state index contributed by atoms with van der Waals surface area (Å²) < 4.78 is 11.7. The van der Waals surface area contributed by atoms with E-state index in [1.54, 1.807) is 30.5 Å². The lowest BCUT2D eigenvalue weighted by Gasteiger charge is -2.08. The Balaban J connectivity index is 1.77. The number of fused-ring (bicyclic) bond motifs is 2. The fraction of sp³-hybridized carbons (Fsp3) is 0.222. The lowest BCUT2D eigenvalue weighted by molar-refractivity contribution is -0.110. The first-order chi connectivity index (χ1) is 11.5. The van der Waals surface area contributed by atoms with Crippen LogP contribution in [0.2, 0.25) is 0 Å². The Morgan fingerprint density at radius 3 is 2.75 bits per heavy atom. The molecule has 0 saturated carbocycles. The van der Waals surface area contributed by atoms with E-state index in [9.17, 15) is 14.1 Å². The number of Topliss-reactive ketones (excluding diaryl/α,β-unsaturated/α-hetero) is 1. The van der Waals surface area contributed by atoms with Crippen LogP contribution in [0.1, 0.15) is 40.2 Å². The van der Waals surface area contributed by atoms with E-state index in [4.69, 9.17) is 0 Å². The standard InChI is InChI=1S/C18H16N2O3S/c1-24(23)11-5-6-16-12(9-11)13(18(22)20-16)7-10-8-14-15(19-10)3-2-4-17(14)21/h5-9,19H,2-4H2,1H3,(H,20,22)/b13-7-. The molecule has 1 aliphatic carbocycles. The summed E-state index contributed by atoms with van der Waals surface area (Å²) >= 11 is -1.11. The lowest BCUT2D eigenvalue weighted by Crippen LogP contribution is -2.08.